The smallest absolute Gasteiger partial charge is 0.313 e. The van der Waals surface area contributed by atoms with E-state index in [4.69, 9.17) is 18.9 Å². The van der Waals surface area contributed by atoms with E-state index >= 15 is 0 Å². The molecule has 1 spiro atoms. The average Bonchev–Trinajstić information content (AvgIpc) is 3.12. The third kappa shape index (κ3) is 3.24. The number of rotatable bonds is 8. The molecule has 3 N–H and O–H groups in total. The zero-order valence-electron chi connectivity index (χ0n) is 20.2. The van der Waals surface area contributed by atoms with E-state index in [1.54, 1.807) is 27.0 Å². The summed E-state index contributed by atoms with van der Waals surface area (Å²) in [5, 5.41) is 31.2. The first-order chi connectivity index (χ1) is 15.4. The summed E-state index contributed by atoms with van der Waals surface area (Å²) in [5.41, 5.74) is -1.22. The lowest BCUT2D eigenvalue weighted by atomic mass is 9.61. The molecule has 2 heterocycles. The fourth-order valence-electron chi connectivity index (χ4n) is 7.43. The van der Waals surface area contributed by atoms with E-state index in [1.165, 1.54) is 0 Å². The molecular weight excluding hydrogens is 428 g/mol. The van der Waals surface area contributed by atoms with E-state index in [0.29, 0.717) is 26.1 Å². The summed E-state index contributed by atoms with van der Waals surface area (Å²) in [6.07, 6.45) is 0.793. The predicted molar refractivity (Wildman–Crippen MR) is 117 cm³/mol. The van der Waals surface area contributed by atoms with Gasteiger partial charge in [0.1, 0.15) is 6.10 Å². The molecule has 0 amide bonds. The van der Waals surface area contributed by atoms with E-state index in [-0.39, 0.29) is 35.7 Å². The molecule has 3 saturated carbocycles. The Labute approximate surface area is 195 Å². The highest BCUT2D eigenvalue weighted by atomic mass is 16.7. The van der Waals surface area contributed by atoms with Crippen LogP contribution in [-0.2, 0) is 23.7 Å². The number of aliphatic hydroxyl groups excluding tert-OH is 2. The normalized spacial score (nSPS) is 47.0. The number of aliphatic hydroxyl groups is 3. The molecule has 8 nitrogen and oxygen atoms in total. The van der Waals surface area contributed by atoms with Crippen LogP contribution in [-0.4, -0.2) is 70.8 Å². The number of fused-ring (bicyclic) bond motifs is 3. The SMILES string of the molecule is C[C@H](O)[C@H](C)CO[C@@H]1OC=C2[C@H]3OC(=O)[C@]4(C)[C@@H](C[C@]25C1C[C@@H](O)[C@@H]45)[C@@H]3OCCC(C)(C)O. The lowest BCUT2D eigenvalue weighted by Gasteiger charge is -2.51. The molecule has 186 valence electrons. The zero-order chi connectivity index (χ0) is 23.9. The molecule has 0 aromatic carbocycles. The molecule has 0 radical (unpaired) electrons. The maximum atomic E-state index is 13.3. The fraction of sp³-hybridized carbons (Fsp3) is 0.880. The minimum Gasteiger partial charge on any atom is -0.472 e. The van der Waals surface area contributed by atoms with E-state index in [2.05, 4.69) is 0 Å². The van der Waals surface area contributed by atoms with E-state index < -0.39 is 41.0 Å². The first kappa shape index (κ1) is 23.5. The molecule has 33 heavy (non-hydrogen) atoms. The van der Waals surface area contributed by atoms with Gasteiger partial charge in [-0.1, -0.05) is 6.92 Å². The van der Waals surface area contributed by atoms with Crippen molar-refractivity contribution in [3.8, 4) is 0 Å². The van der Waals surface area contributed by atoms with E-state index in [0.717, 1.165) is 12.0 Å². The van der Waals surface area contributed by atoms with Gasteiger partial charge in [-0.2, -0.15) is 0 Å². The number of ether oxygens (including phenoxy) is 4. The molecule has 11 atom stereocenters. The van der Waals surface area contributed by atoms with Gasteiger partial charge in [0.15, 0.2) is 6.10 Å². The number of carbonyl (C=O) groups is 1. The van der Waals surface area contributed by atoms with Crippen molar-refractivity contribution >= 4 is 5.97 Å². The highest BCUT2D eigenvalue weighted by molar-refractivity contribution is 5.81. The van der Waals surface area contributed by atoms with Crippen LogP contribution < -0.4 is 0 Å². The standard InChI is InChI=1S/C25H38O8/c1-12(13(2)26)10-31-21-14-8-17(27)20-24(5)15-9-25(14,20)16(11-32-21)19(33-22(24)28)18(15)30-7-6-23(3,4)29/h11-15,17-21,26-27,29H,6-10H2,1-5H3/t12-,13+,14?,15+,17-,18+,19-,20+,21-,24-,25+/m1/s1. The van der Waals surface area contributed by atoms with Gasteiger partial charge in [-0.15, -0.1) is 0 Å². The largest absolute Gasteiger partial charge is 0.472 e. The lowest BCUT2D eigenvalue weighted by molar-refractivity contribution is -0.212. The Balaban J connectivity index is 1.47. The minimum atomic E-state index is -0.853. The first-order valence-corrected chi connectivity index (χ1v) is 12.3. The van der Waals surface area contributed by atoms with Crippen molar-refractivity contribution in [1.82, 2.24) is 0 Å². The first-order valence-electron chi connectivity index (χ1n) is 12.3. The van der Waals surface area contributed by atoms with Gasteiger partial charge in [0.2, 0.25) is 6.29 Å². The molecule has 0 aromatic rings. The monoisotopic (exact) mass is 466 g/mol. The molecule has 8 heteroatoms. The summed E-state index contributed by atoms with van der Waals surface area (Å²) < 4.78 is 24.5. The van der Waals surface area contributed by atoms with Crippen molar-refractivity contribution in [2.24, 2.45) is 34.5 Å². The van der Waals surface area contributed by atoms with Gasteiger partial charge in [0.05, 0.1) is 36.1 Å². The number of hydrogen-bond donors (Lipinski definition) is 3. The van der Waals surface area contributed by atoms with Crippen LogP contribution in [0.4, 0.5) is 0 Å². The van der Waals surface area contributed by atoms with Crippen molar-refractivity contribution < 1.29 is 39.1 Å². The van der Waals surface area contributed by atoms with Gasteiger partial charge in [-0.25, -0.2) is 0 Å². The molecule has 3 aliphatic carbocycles. The van der Waals surface area contributed by atoms with Crippen LogP contribution in [0.1, 0.15) is 53.9 Å². The summed E-state index contributed by atoms with van der Waals surface area (Å²) in [5.74, 6) is -0.779. The number of esters is 1. The van der Waals surface area contributed by atoms with Gasteiger partial charge in [0.25, 0.3) is 0 Å². The molecule has 4 fully saturated rings. The highest BCUT2D eigenvalue weighted by Gasteiger charge is 2.81. The molecule has 5 rings (SSSR count). The molecule has 1 unspecified atom stereocenters. The number of hydrogen-bond acceptors (Lipinski definition) is 8. The Morgan fingerprint density at radius 1 is 1.27 bits per heavy atom. The van der Waals surface area contributed by atoms with Gasteiger partial charge in [0, 0.05) is 41.3 Å². The third-order valence-electron chi connectivity index (χ3n) is 9.31. The quantitative estimate of drug-likeness (QED) is 0.464. The Morgan fingerprint density at radius 3 is 2.67 bits per heavy atom. The summed E-state index contributed by atoms with van der Waals surface area (Å²) in [6, 6.07) is 0. The van der Waals surface area contributed by atoms with Gasteiger partial charge in [-0.3, -0.25) is 4.79 Å². The molecule has 3 bridgehead atoms. The third-order valence-corrected chi connectivity index (χ3v) is 9.31. The second-order valence-corrected chi connectivity index (χ2v) is 11.9. The van der Waals surface area contributed by atoms with Crippen LogP contribution in [0.2, 0.25) is 0 Å². The van der Waals surface area contributed by atoms with Crippen molar-refractivity contribution in [3.63, 3.8) is 0 Å². The molecule has 0 aromatic heterocycles. The summed E-state index contributed by atoms with van der Waals surface area (Å²) in [6.45, 7) is 9.79. The van der Waals surface area contributed by atoms with Gasteiger partial charge < -0.3 is 34.3 Å². The fourth-order valence-corrected chi connectivity index (χ4v) is 7.43. The van der Waals surface area contributed by atoms with Gasteiger partial charge in [-0.05, 0) is 47.0 Å². The highest BCUT2D eigenvalue weighted by Crippen LogP contribution is 2.77. The Morgan fingerprint density at radius 2 is 2.00 bits per heavy atom. The van der Waals surface area contributed by atoms with Crippen LogP contribution in [0.25, 0.3) is 0 Å². The second-order valence-electron chi connectivity index (χ2n) is 11.9. The summed E-state index contributed by atoms with van der Waals surface area (Å²) >= 11 is 0. The van der Waals surface area contributed by atoms with E-state index in [1.807, 2.05) is 13.8 Å². The Kier molecular flexibility index (Phi) is 5.46. The van der Waals surface area contributed by atoms with Crippen molar-refractivity contribution in [3.05, 3.63) is 11.8 Å². The molecule has 2 aliphatic heterocycles. The van der Waals surface area contributed by atoms with Gasteiger partial charge >= 0.3 is 5.97 Å². The molecule has 5 aliphatic rings. The van der Waals surface area contributed by atoms with E-state index in [9.17, 15) is 20.1 Å². The Bertz CT molecular complexity index is 833. The van der Waals surface area contributed by atoms with Crippen LogP contribution in [0.5, 0.6) is 0 Å². The van der Waals surface area contributed by atoms with Crippen molar-refractivity contribution in [2.75, 3.05) is 13.2 Å². The molecular formula is C25H38O8. The average molecular weight is 467 g/mol. The maximum Gasteiger partial charge on any atom is 0.313 e. The maximum absolute atomic E-state index is 13.3. The number of carbonyl (C=O) groups excluding carboxylic acids is 1. The minimum absolute atomic E-state index is 0.0477. The predicted octanol–water partition coefficient (Wildman–Crippen LogP) is 1.75. The lowest BCUT2D eigenvalue weighted by Crippen LogP contribution is -2.58. The summed E-state index contributed by atoms with van der Waals surface area (Å²) in [4.78, 5) is 13.3. The molecule has 1 saturated heterocycles. The van der Waals surface area contributed by atoms with Crippen LogP contribution >= 0.6 is 0 Å². The zero-order valence-corrected chi connectivity index (χ0v) is 20.2. The van der Waals surface area contributed by atoms with Crippen LogP contribution in [0.3, 0.4) is 0 Å². The van der Waals surface area contributed by atoms with Crippen molar-refractivity contribution in [2.45, 2.75) is 90.2 Å². The second kappa shape index (κ2) is 7.65. The van der Waals surface area contributed by atoms with Crippen LogP contribution in [0.15, 0.2) is 11.8 Å². The summed E-state index contributed by atoms with van der Waals surface area (Å²) in [7, 11) is 0. The van der Waals surface area contributed by atoms with Crippen LogP contribution in [0, 0.1) is 34.5 Å². The van der Waals surface area contributed by atoms with Crippen molar-refractivity contribution in [1.29, 1.82) is 0 Å². The topological polar surface area (TPSA) is 115 Å². The Hall–Kier alpha value is -1.19.